The van der Waals surface area contributed by atoms with Crippen molar-refractivity contribution < 1.29 is 5.11 Å². The molecule has 0 aromatic heterocycles. The Morgan fingerprint density at radius 2 is 2.00 bits per heavy atom. The van der Waals surface area contributed by atoms with Gasteiger partial charge in [0.15, 0.2) is 0 Å². The number of aliphatic hydroxyl groups is 1. The van der Waals surface area contributed by atoms with E-state index >= 15 is 0 Å². The van der Waals surface area contributed by atoms with Gasteiger partial charge in [-0.15, -0.1) is 6.58 Å². The van der Waals surface area contributed by atoms with Crippen LogP contribution < -0.4 is 0 Å². The van der Waals surface area contributed by atoms with Crippen LogP contribution in [0.3, 0.4) is 0 Å². The van der Waals surface area contributed by atoms with Gasteiger partial charge in [0.25, 0.3) is 0 Å². The van der Waals surface area contributed by atoms with E-state index in [0.717, 1.165) is 12.3 Å². The van der Waals surface area contributed by atoms with E-state index in [-0.39, 0.29) is 6.10 Å². The Labute approximate surface area is 61.8 Å². The van der Waals surface area contributed by atoms with Gasteiger partial charge in [-0.3, -0.25) is 0 Å². The highest BCUT2D eigenvalue weighted by atomic mass is 16.3. The van der Waals surface area contributed by atoms with Crippen molar-refractivity contribution in [1.29, 1.82) is 0 Å². The van der Waals surface area contributed by atoms with Gasteiger partial charge in [-0.2, -0.15) is 0 Å². The minimum absolute atomic E-state index is 0.0150. The average molecular weight is 138 g/mol. The minimum atomic E-state index is 0.0150. The van der Waals surface area contributed by atoms with E-state index in [4.69, 9.17) is 0 Å². The van der Waals surface area contributed by atoms with Crippen molar-refractivity contribution in [2.45, 2.75) is 25.4 Å². The second-order valence-corrected chi connectivity index (χ2v) is 3.69. The summed E-state index contributed by atoms with van der Waals surface area (Å²) in [6.07, 6.45) is 5.55. The third kappa shape index (κ3) is 0.734. The number of hydrogen-bond acceptors (Lipinski definition) is 1. The van der Waals surface area contributed by atoms with Gasteiger partial charge < -0.3 is 5.11 Å². The number of rotatable bonds is 1. The molecule has 0 unspecified atom stereocenters. The highest BCUT2D eigenvalue weighted by molar-refractivity contribution is 5.00. The average Bonchev–Trinajstić information content (AvgIpc) is 2.44. The molecule has 1 N–H and O–H groups in total. The van der Waals surface area contributed by atoms with Gasteiger partial charge in [-0.05, 0) is 37.0 Å². The topological polar surface area (TPSA) is 20.2 Å². The normalized spacial score (nSPS) is 51.7. The molecule has 2 rings (SSSR count). The lowest BCUT2D eigenvalue weighted by Gasteiger charge is -2.21. The quantitative estimate of drug-likeness (QED) is 0.545. The van der Waals surface area contributed by atoms with Crippen molar-refractivity contribution in [3.63, 3.8) is 0 Å². The van der Waals surface area contributed by atoms with Crippen molar-refractivity contribution in [1.82, 2.24) is 0 Å². The highest BCUT2D eigenvalue weighted by Gasteiger charge is 2.43. The molecule has 0 heterocycles. The summed E-state index contributed by atoms with van der Waals surface area (Å²) in [4.78, 5) is 0. The molecule has 0 radical (unpaired) electrons. The number of allylic oxidation sites excluding steroid dienone is 1. The first-order valence-corrected chi connectivity index (χ1v) is 4.12. The molecule has 1 nitrogen and oxygen atoms in total. The summed E-state index contributed by atoms with van der Waals surface area (Å²) < 4.78 is 0. The third-order valence-electron chi connectivity index (χ3n) is 3.18. The van der Waals surface area contributed by atoms with E-state index in [2.05, 4.69) is 12.7 Å². The van der Waals surface area contributed by atoms with E-state index in [1.165, 1.54) is 12.8 Å². The molecule has 1 heteroatoms. The molecule has 2 aliphatic rings. The Balaban J connectivity index is 2.08. The Morgan fingerprint density at radius 1 is 1.20 bits per heavy atom. The van der Waals surface area contributed by atoms with Crippen LogP contribution in [0.4, 0.5) is 0 Å². The molecule has 0 saturated heterocycles. The predicted molar refractivity (Wildman–Crippen MR) is 40.5 cm³/mol. The molecule has 0 aliphatic heterocycles. The van der Waals surface area contributed by atoms with Crippen LogP contribution >= 0.6 is 0 Å². The molecule has 0 amide bonds. The lowest BCUT2D eigenvalue weighted by molar-refractivity contribution is 0.103. The highest BCUT2D eigenvalue weighted by Crippen LogP contribution is 2.48. The van der Waals surface area contributed by atoms with Crippen LogP contribution in [0.5, 0.6) is 0 Å². The van der Waals surface area contributed by atoms with Gasteiger partial charge in [0.1, 0.15) is 0 Å². The van der Waals surface area contributed by atoms with Crippen LogP contribution in [0.1, 0.15) is 19.3 Å². The fraction of sp³-hybridized carbons (Fsp3) is 0.778. The Morgan fingerprint density at radius 3 is 2.40 bits per heavy atom. The van der Waals surface area contributed by atoms with Crippen molar-refractivity contribution in [2.75, 3.05) is 0 Å². The van der Waals surface area contributed by atoms with Crippen LogP contribution in [0.15, 0.2) is 12.7 Å². The Bertz CT molecular complexity index is 151. The summed E-state index contributed by atoms with van der Waals surface area (Å²) in [6.45, 7) is 3.80. The molecule has 0 aromatic carbocycles. The van der Waals surface area contributed by atoms with Crippen LogP contribution in [-0.4, -0.2) is 11.2 Å². The summed E-state index contributed by atoms with van der Waals surface area (Å²) in [5, 5.41) is 9.40. The molecule has 4 atom stereocenters. The van der Waals surface area contributed by atoms with Crippen molar-refractivity contribution in [3.8, 4) is 0 Å². The van der Waals surface area contributed by atoms with Gasteiger partial charge >= 0.3 is 0 Å². The maximum absolute atomic E-state index is 9.40. The van der Waals surface area contributed by atoms with Gasteiger partial charge in [-0.25, -0.2) is 0 Å². The summed E-state index contributed by atoms with van der Waals surface area (Å²) in [5.74, 6) is 2.08. The Hall–Kier alpha value is -0.300. The molecular weight excluding hydrogens is 124 g/mol. The van der Waals surface area contributed by atoms with Crippen LogP contribution in [0.25, 0.3) is 0 Å². The number of aliphatic hydroxyl groups excluding tert-OH is 1. The zero-order valence-corrected chi connectivity index (χ0v) is 6.16. The molecule has 2 aliphatic carbocycles. The fourth-order valence-electron chi connectivity index (χ4n) is 2.58. The minimum Gasteiger partial charge on any atom is -0.393 e. The first-order valence-electron chi connectivity index (χ1n) is 4.12. The molecule has 56 valence electrons. The molecular formula is C9H14O. The fourth-order valence-corrected chi connectivity index (χ4v) is 2.58. The first kappa shape index (κ1) is 6.41. The van der Waals surface area contributed by atoms with Crippen LogP contribution in [-0.2, 0) is 0 Å². The van der Waals surface area contributed by atoms with Crippen molar-refractivity contribution >= 4 is 0 Å². The maximum atomic E-state index is 9.40. The van der Waals surface area contributed by atoms with Gasteiger partial charge in [0, 0.05) is 0 Å². The van der Waals surface area contributed by atoms with E-state index < -0.39 is 0 Å². The monoisotopic (exact) mass is 138 g/mol. The maximum Gasteiger partial charge on any atom is 0.0571 e. The largest absolute Gasteiger partial charge is 0.393 e. The molecule has 2 saturated carbocycles. The summed E-state index contributed by atoms with van der Waals surface area (Å²) in [6, 6.07) is 0. The smallest absolute Gasteiger partial charge is 0.0571 e. The molecule has 2 bridgehead atoms. The number of hydrogen-bond donors (Lipinski definition) is 1. The third-order valence-corrected chi connectivity index (χ3v) is 3.18. The second-order valence-electron chi connectivity index (χ2n) is 3.69. The molecule has 0 aromatic rings. The molecule has 2 fully saturated rings. The molecule has 0 spiro atoms. The Kier molecular flexibility index (Phi) is 1.34. The zero-order valence-electron chi connectivity index (χ0n) is 6.16. The van der Waals surface area contributed by atoms with E-state index in [0.29, 0.717) is 11.8 Å². The van der Waals surface area contributed by atoms with E-state index in [1.54, 1.807) is 0 Å². The van der Waals surface area contributed by atoms with Crippen LogP contribution in [0.2, 0.25) is 0 Å². The summed E-state index contributed by atoms with van der Waals surface area (Å²) in [5.41, 5.74) is 0. The second kappa shape index (κ2) is 2.09. The first-order chi connectivity index (χ1) is 4.81. The summed E-state index contributed by atoms with van der Waals surface area (Å²) >= 11 is 0. The summed E-state index contributed by atoms with van der Waals surface area (Å²) in [7, 11) is 0. The van der Waals surface area contributed by atoms with E-state index in [1.807, 2.05) is 0 Å². The zero-order chi connectivity index (χ0) is 7.14. The van der Waals surface area contributed by atoms with Crippen LogP contribution in [0, 0.1) is 17.8 Å². The SMILES string of the molecule is C=C[C@H]1C[C@@H]2C[C@H]1C[C@H]2O. The van der Waals surface area contributed by atoms with Crippen molar-refractivity contribution in [3.05, 3.63) is 12.7 Å². The predicted octanol–water partition coefficient (Wildman–Crippen LogP) is 1.58. The van der Waals surface area contributed by atoms with E-state index in [9.17, 15) is 5.11 Å². The van der Waals surface area contributed by atoms with Gasteiger partial charge in [-0.1, -0.05) is 6.08 Å². The number of fused-ring (bicyclic) bond motifs is 2. The van der Waals surface area contributed by atoms with Gasteiger partial charge in [0.2, 0.25) is 0 Å². The molecule has 10 heavy (non-hydrogen) atoms. The lowest BCUT2D eigenvalue weighted by atomic mass is 9.87. The standard InChI is InChI=1S/C9H14O/c1-2-6-3-8-4-7(6)5-9(8)10/h2,6-10H,1,3-5H2/t6-,7-,8+,9+/m0/s1. The van der Waals surface area contributed by atoms with Gasteiger partial charge in [0.05, 0.1) is 6.10 Å². The van der Waals surface area contributed by atoms with Crippen molar-refractivity contribution in [2.24, 2.45) is 17.8 Å². The lowest BCUT2D eigenvalue weighted by Crippen LogP contribution is -2.20.